The van der Waals surface area contributed by atoms with Crippen LogP contribution in [0.1, 0.15) is 17.3 Å². The molecule has 0 aliphatic heterocycles. The molecule has 0 aliphatic rings. The third-order valence-corrected chi connectivity index (χ3v) is 5.69. The number of ether oxygens (including phenoxy) is 2. The minimum absolute atomic E-state index is 0.176. The van der Waals surface area contributed by atoms with E-state index in [9.17, 15) is 14.4 Å². The van der Waals surface area contributed by atoms with Gasteiger partial charge in [-0.05, 0) is 31.2 Å². The van der Waals surface area contributed by atoms with Gasteiger partial charge < -0.3 is 18.3 Å². The predicted molar refractivity (Wildman–Crippen MR) is 131 cm³/mol. The second-order valence-corrected chi connectivity index (χ2v) is 7.95. The van der Waals surface area contributed by atoms with Crippen LogP contribution in [0, 0.1) is 0 Å². The summed E-state index contributed by atoms with van der Waals surface area (Å²) in [5.74, 6) is 0.611. The first-order valence-electron chi connectivity index (χ1n) is 10.9. The molecule has 3 aromatic carbocycles. The molecule has 0 fully saturated rings. The molecule has 35 heavy (non-hydrogen) atoms. The van der Waals surface area contributed by atoms with Crippen LogP contribution < -0.4 is 20.7 Å². The van der Waals surface area contributed by atoms with Crippen molar-refractivity contribution in [2.45, 2.75) is 13.0 Å². The Morgan fingerprint density at radius 3 is 2.43 bits per heavy atom. The highest BCUT2D eigenvalue weighted by atomic mass is 16.5. The van der Waals surface area contributed by atoms with Crippen molar-refractivity contribution in [3.8, 4) is 22.6 Å². The zero-order chi connectivity index (χ0) is 24.5. The first-order chi connectivity index (χ1) is 16.9. The number of hydrogen-bond donors (Lipinski definition) is 0. The van der Waals surface area contributed by atoms with Gasteiger partial charge in [0.1, 0.15) is 11.3 Å². The highest BCUT2D eigenvalue weighted by molar-refractivity contribution is 5.99. The molecule has 2 heterocycles. The van der Waals surface area contributed by atoms with Crippen molar-refractivity contribution in [2.24, 2.45) is 0 Å². The third-order valence-electron chi connectivity index (χ3n) is 5.69. The summed E-state index contributed by atoms with van der Waals surface area (Å²) in [6, 6.07) is 21.9. The standard InChI is InChI=1S/C28H20O7/c1-16(26(30)17-7-4-3-5-8-17)33-19-11-12-20-21(15-25(29)34-24(20)14-19)22-13-18-9-6-10-23(32-2)27(18)35-28(22)31/h3-16H,1-2H3/t16-/m1/s1. The van der Waals surface area contributed by atoms with E-state index in [4.69, 9.17) is 18.3 Å². The molecule has 174 valence electrons. The maximum Gasteiger partial charge on any atom is 0.344 e. The number of hydrogen-bond acceptors (Lipinski definition) is 7. The fourth-order valence-corrected chi connectivity index (χ4v) is 4.00. The number of para-hydroxylation sites is 1. The first kappa shape index (κ1) is 22.2. The van der Waals surface area contributed by atoms with E-state index in [1.165, 1.54) is 19.2 Å². The van der Waals surface area contributed by atoms with Gasteiger partial charge in [0, 0.05) is 34.0 Å². The van der Waals surface area contributed by atoms with E-state index in [0.717, 1.165) is 0 Å². The number of rotatable bonds is 6. The molecule has 0 radical (unpaired) electrons. The second kappa shape index (κ2) is 8.95. The molecular weight excluding hydrogens is 448 g/mol. The second-order valence-electron chi connectivity index (χ2n) is 7.95. The molecule has 0 saturated heterocycles. The van der Waals surface area contributed by atoms with E-state index in [0.29, 0.717) is 39.0 Å². The van der Waals surface area contributed by atoms with Gasteiger partial charge in [0.15, 0.2) is 17.4 Å². The molecule has 0 N–H and O–H groups in total. The van der Waals surface area contributed by atoms with Crippen LogP contribution >= 0.6 is 0 Å². The molecule has 7 nitrogen and oxygen atoms in total. The Hall–Kier alpha value is -4.65. The van der Waals surface area contributed by atoms with Crippen LogP contribution in [-0.4, -0.2) is 19.0 Å². The monoisotopic (exact) mass is 468 g/mol. The Morgan fingerprint density at radius 1 is 0.857 bits per heavy atom. The lowest BCUT2D eigenvalue weighted by Crippen LogP contribution is -2.23. The van der Waals surface area contributed by atoms with Gasteiger partial charge in [0.05, 0.1) is 12.7 Å². The van der Waals surface area contributed by atoms with Crippen LogP contribution in [0.25, 0.3) is 33.1 Å². The average molecular weight is 468 g/mol. The van der Waals surface area contributed by atoms with Crippen molar-refractivity contribution >= 4 is 27.7 Å². The quantitative estimate of drug-likeness (QED) is 0.249. The maximum atomic E-state index is 12.9. The summed E-state index contributed by atoms with van der Waals surface area (Å²) in [5, 5.41) is 1.17. The van der Waals surface area contributed by atoms with Crippen LogP contribution in [0.4, 0.5) is 0 Å². The maximum absolute atomic E-state index is 12.9. The van der Waals surface area contributed by atoms with E-state index in [-0.39, 0.29) is 16.9 Å². The molecule has 1 atom stereocenters. The zero-order valence-electron chi connectivity index (χ0n) is 18.9. The number of Topliss-reactive ketones (excluding diaryl/α,β-unsaturated/α-hetero) is 1. The lowest BCUT2D eigenvalue weighted by Gasteiger charge is -2.14. The number of carbonyl (C=O) groups excluding carboxylic acids is 1. The van der Waals surface area contributed by atoms with E-state index in [1.807, 2.05) is 6.07 Å². The average Bonchev–Trinajstić information content (AvgIpc) is 2.87. The summed E-state index contributed by atoms with van der Waals surface area (Å²) in [6.07, 6.45) is -0.757. The zero-order valence-corrected chi connectivity index (χ0v) is 18.9. The molecule has 0 spiro atoms. The Morgan fingerprint density at radius 2 is 1.66 bits per heavy atom. The van der Waals surface area contributed by atoms with Gasteiger partial charge in [0.25, 0.3) is 0 Å². The van der Waals surface area contributed by atoms with Crippen LogP contribution in [0.3, 0.4) is 0 Å². The van der Waals surface area contributed by atoms with Crippen LogP contribution in [0.15, 0.2) is 97.3 Å². The van der Waals surface area contributed by atoms with Crippen molar-refractivity contribution in [1.82, 2.24) is 0 Å². The van der Waals surface area contributed by atoms with Gasteiger partial charge in [-0.25, -0.2) is 9.59 Å². The fraction of sp³-hybridized carbons (Fsp3) is 0.107. The molecule has 0 saturated carbocycles. The number of ketones is 1. The molecule has 5 aromatic rings. The van der Waals surface area contributed by atoms with Gasteiger partial charge in [-0.3, -0.25) is 4.79 Å². The Labute approximate surface area is 199 Å². The van der Waals surface area contributed by atoms with Crippen molar-refractivity contribution in [1.29, 1.82) is 0 Å². The largest absolute Gasteiger partial charge is 0.493 e. The highest BCUT2D eigenvalue weighted by Gasteiger charge is 2.19. The number of methoxy groups -OCH3 is 1. The molecular formula is C28H20O7. The van der Waals surface area contributed by atoms with Crippen LogP contribution in [0.5, 0.6) is 11.5 Å². The summed E-state index contributed by atoms with van der Waals surface area (Å²) < 4.78 is 22.0. The smallest absolute Gasteiger partial charge is 0.344 e. The van der Waals surface area contributed by atoms with Gasteiger partial charge in [-0.1, -0.05) is 42.5 Å². The highest BCUT2D eigenvalue weighted by Crippen LogP contribution is 2.32. The van der Waals surface area contributed by atoms with Gasteiger partial charge in [-0.2, -0.15) is 0 Å². The molecule has 0 amide bonds. The molecule has 2 aromatic heterocycles. The molecule has 7 heteroatoms. The summed E-state index contributed by atoms with van der Waals surface area (Å²) in [7, 11) is 1.49. The van der Waals surface area contributed by atoms with Crippen molar-refractivity contribution < 1.29 is 23.1 Å². The molecule has 5 rings (SSSR count). The van der Waals surface area contributed by atoms with Crippen LogP contribution in [0.2, 0.25) is 0 Å². The van der Waals surface area contributed by atoms with Crippen LogP contribution in [-0.2, 0) is 0 Å². The summed E-state index contributed by atoms with van der Waals surface area (Å²) in [6.45, 7) is 1.65. The summed E-state index contributed by atoms with van der Waals surface area (Å²) in [5.41, 5.74) is 0.409. The lowest BCUT2D eigenvalue weighted by molar-refractivity contribution is 0.0818. The lowest BCUT2D eigenvalue weighted by atomic mass is 10.0. The van der Waals surface area contributed by atoms with Gasteiger partial charge in [-0.15, -0.1) is 0 Å². The van der Waals surface area contributed by atoms with Crippen molar-refractivity contribution in [3.63, 3.8) is 0 Å². The van der Waals surface area contributed by atoms with E-state index >= 15 is 0 Å². The summed E-state index contributed by atoms with van der Waals surface area (Å²) in [4.78, 5) is 37.9. The van der Waals surface area contributed by atoms with E-state index in [2.05, 4.69) is 0 Å². The third kappa shape index (κ3) is 4.19. The van der Waals surface area contributed by atoms with E-state index in [1.54, 1.807) is 67.6 Å². The SMILES string of the molecule is COc1cccc2cc(-c3cc(=O)oc4cc(O[C@H](C)C(=O)c5ccccc5)ccc34)c(=O)oc12. The normalized spacial score (nSPS) is 11.9. The first-order valence-corrected chi connectivity index (χ1v) is 10.9. The minimum Gasteiger partial charge on any atom is -0.493 e. The molecule has 0 bridgehead atoms. The Bertz CT molecular complexity index is 1680. The Kier molecular flexibility index (Phi) is 5.66. The Balaban J connectivity index is 1.55. The van der Waals surface area contributed by atoms with Gasteiger partial charge in [0.2, 0.25) is 5.78 Å². The minimum atomic E-state index is -0.757. The number of fused-ring (bicyclic) bond motifs is 2. The fourth-order valence-electron chi connectivity index (χ4n) is 4.00. The molecule has 0 aliphatic carbocycles. The van der Waals surface area contributed by atoms with E-state index < -0.39 is 17.4 Å². The summed E-state index contributed by atoms with van der Waals surface area (Å²) >= 11 is 0. The molecule has 0 unspecified atom stereocenters. The predicted octanol–water partition coefficient (Wildman–Crippen LogP) is 5.23. The number of benzene rings is 3. The van der Waals surface area contributed by atoms with Crippen molar-refractivity contribution in [3.05, 3.63) is 105 Å². The van der Waals surface area contributed by atoms with Gasteiger partial charge >= 0.3 is 11.3 Å². The number of carbonyl (C=O) groups is 1. The topological polar surface area (TPSA) is 96.0 Å². The van der Waals surface area contributed by atoms with Crippen molar-refractivity contribution in [2.75, 3.05) is 7.11 Å².